The first-order valence-corrected chi connectivity index (χ1v) is 18.7. The van der Waals surface area contributed by atoms with E-state index in [1.165, 1.54) is 11.8 Å². The molecular weight excluding hydrogens is 751 g/mol. The number of rotatable bonds is 15. The molecule has 3 aliphatic rings. The van der Waals surface area contributed by atoms with Gasteiger partial charge in [-0.15, -0.1) is 0 Å². The van der Waals surface area contributed by atoms with Crippen molar-refractivity contribution < 1.29 is 51.4 Å². The summed E-state index contributed by atoms with van der Waals surface area (Å²) in [6.45, 7) is 1.82. The fourth-order valence-corrected chi connectivity index (χ4v) is 7.13. The van der Waals surface area contributed by atoms with Gasteiger partial charge in [0.2, 0.25) is 0 Å². The zero-order valence-electron chi connectivity index (χ0n) is 31.2. The molecule has 4 atom stereocenters. The summed E-state index contributed by atoms with van der Waals surface area (Å²) in [5.41, 5.74) is 0.929. The SMILES string of the molecule is C[C@H](OC(=O)NCOC(=O)NCCN1C(=O)C=CC1=O)C(=O)N(C[C@@H]1CNC[C@@H]1F)[C@@H](c1nc(-c2cc(F)ccc2F)cn1Cc1ccccc1)C1CCOCC1. The number of amides is 5. The quantitative estimate of drug-likeness (QED) is 0.153. The number of aromatic nitrogens is 2. The average Bonchev–Trinajstić information content (AvgIpc) is 3.90. The number of ether oxygens (including phenoxy) is 3. The van der Waals surface area contributed by atoms with Gasteiger partial charge in [0, 0.05) is 82.3 Å². The molecule has 1 aromatic heterocycles. The molecule has 2 saturated heterocycles. The van der Waals surface area contributed by atoms with Crippen molar-refractivity contribution in [3.8, 4) is 11.3 Å². The van der Waals surface area contributed by atoms with Gasteiger partial charge in [-0.3, -0.25) is 24.6 Å². The minimum atomic E-state index is -1.42. The molecule has 4 heterocycles. The predicted octanol–water partition coefficient (Wildman–Crippen LogP) is 3.45. The second-order valence-corrected chi connectivity index (χ2v) is 13.9. The number of hydrogen-bond donors (Lipinski definition) is 3. The largest absolute Gasteiger partial charge is 0.436 e. The number of imide groups is 1. The molecule has 0 unspecified atom stereocenters. The van der Waals surface area contributed by atoms with Crippen LogP contribution in [0.1, 0.15) is 37.2 Å². The molecule has 304 valence electrons. The van der Waals surface area contributed by atoms with Crippen LogP contribution in [0.5, 0.6) is 0 Å². The molecule has 15 nitrogen and oxygen atoms in total. The van der Waals surface area contributed by atoms with Crippen molar-refractivity contribution in [2.75, 3.05) is 52.7 Å². The second kappa shape index (κ2) is 18.9. The van der Waals surface area contributed by atoms with E-state index in [2.05, 4.69) is 16.0 Å². The van der Waals surface area contributed by atoms with Crippen molar-refractivity contribution >= 4 is 29.9 Å². The third-order valence-electron chi connectivity index (χ3n) is 10.0. The van der Waals surface area contributed by atoms with E-state index in [4.69, 9.17) is 19.2 Å². The third-order valence-corrected chi connectivity index (χ3v) is 10.0. The summed E-state index contributed by atoms with van der Waals surface area (Å²) in [5.74, 6) is -3.58. The number of alkyl halides is 1. The van der Waals surface area contributed by atoms with Gasteiger partial charge < -0.3 is 34.3 Å². The normalized spacial score (nSPS) is 19.3. The molecule has 3 aromatic rings. The molecule has 2 aromatic carbocycles. The highest BCUT2D eigenvalue weighted by atomic mass is 19.1. The van der Waals surface area contributed by atoms with Crippen molar-refractivity contribution in [2.45, 2.75) is 44.6 Å². The lowest BCUT2D eigenvalue weighted by molar-refractivity contribution is -0.146. The summed E-state index contributed by atoms with van der Waals surface area (Å²) < 4.78 is 62.8. The smallest absolute Gasteiger partial charge is 0.410 e. The Morgan fingerprint density at radius 2 is 1.75 bits per heavy atom. The Labute approximate surface area is 326 Å². The Morgan fingerprint density at radius 3 is 2.46 bits per heavy atom. The summed E-state index contributed by atoms with van der Waals surface area (Å²) >= 11 is 0. The van der Waals surface area contributed by atoms with Crippen LogP contribution < -0.4 is 16.0 Å². The van der Waals surface area contributed by atoms with Crippen molar-refractivity contribution in [2.24, 2.45) is 11.8 Å². The van der Waals surface area contributed by atoms with E-state index in [1.54, 1.807) is 10.8 Å². The highest BCUT2D eigenvalue weighted by Gasteiger charge is 2.42. The molecule has 5 amide bonds. The number of halogens is 3. The van der Waals surface area contributed by atoms with Gasteiger partial charge in [0.05, 0.1) is 11.7 Å². The number of carbonyl (C=O) groups excluding carboxylic acids is 5. The van der Waals surface area contributed by atoms with Gasteiger partial charge in [-0.2, -0.15) is 0 Å². The Bertz CT molecular complexity index is 1940. The van der Waals surface area contributed by atoms with Crippen LogP contribution in [0.25, 0.3) is 11.3 Å². The molecule has 0 saturated carbocycles. The maximum Gasteiger partial charge on any atom is 0.410 e. The highest BCUT2D eigenvalue weighted by Crippen LogP contribution is 2.38. The molecule has 0 bridgehead atoms. The predicted molar refractivity (Wildman–Crippen MR) is 197 cm³/mol. The maximum atomic E-state index is 15.3. The molecule has 3 aliphatic heterocycles. The zero-order chi connectivity index (χ0) is 40.5. The summed E-state index contributed by atoms with van der Waals surface area (Å²) in [6, 6.07) is 11.6. The van der Waals surface area contributed by atoms with Gasteiger partial charge >= 0.3 is 12.2 Å². The summed E-state index contributed by atoms with van der Waals surface area (Å²) in [5, 5.41) is 7.62. The maximum absolute atomic E-state index is 15.3. The monoisotopic (exact) mass is 795 g/mol. The third kappa shape index (κ3) is 10.4. The summed E-state index contributed by atoms with van der Waals surface area (Å²) in [7, 11) is 0. The Hall–Kier alpha value is -5.75. The Morgan fingerprint density at radius 1 is 1.02 bits per heavy atom. The van der Waals surface area contributed by atoms with Crippen LogP contribution >= 0.6 is 0 Å². The standard InChI is InChI=1S/C39H44F3N7O8/c1-24(57-39(54)45-23-56-38(53)44-13-14-48-33(50)9-10-34(48)51)37(52)49(21-27-18-43-19-31(27)42)35(26-11-15-55-16-12-26)36-46-32(29-17-28(40)7-8-30(29)41)22-47(36)20-25-5-3-2-4-6-25/h2-10,17,22,24,26-27,31,35,43H,11-16,18-21,23H2,1H3,(H,44,53)(H,45,54)/t24-,27-,31-,35+/m0/s1. The lowest BCUT2D eigenvalue weighted by Crippen LogP contribution is -2.49. The van der Waals surface area contributed by atoms with Crippen LogP contribution in [0.15, 0.2) is 66.9 Å². The number of benzene rings is 2. The topological polar surface area (TPSA) is 173 Å². The summed E-state index contributed by atoms with van der Waals surface area (Å²) in [6.07, 6.45) is 0.0780. The molecule has 57 heavy (non-hydrogen) atoms. The van der Waals surface area contributed by atoms with Crippen LogP contribution in [0.4, 0.5) is 22.8 Å². The first-order chi connectivity index (χ1) is 27.5. The average molecular weight is 796 g/mol. The fourth-order valence-electron chi connectivity index (χ4n) is 7.13. The summed E-state index contributed by atoms with van der Waals surface area (Å²) in [4.78, 5) is 70.2. The van der Waals surface area contributed by atoms with Crippen LogP contribution in [0, 0.1) is 23.5 Å². The van der Waals surface area contributed by atoms with Gasteiger partial charge in [0.25, 0.3) is 17.7 Å². The van der Waals surface area contributed by atoms with E-state index < -0.39 is 72.5 Å². The molecule has 3 N–H and O–H groups in total. The van der Waals surface area contributed by atoms with Gasteiger partial charge in [0.1, 0.15) is 23.6 Å². The number of hydrogen-bond acceptors (Lipinski definition) is 10. The number of nitrogens with zero attached hydrogens (tertiary/aromatic N) is 4. The van der Waals surface area contributed by atoms with Crippen LogP contribution in [0.3, 0.4) is 0 Å². The lowest BCUT2D eigenvalue weighted by Gasteiger charge is -2.40. The molecule has 0 radical (unpaired) electrons. The Kier molecular flexibility index (Phi) is 13.6. The van der Waals surface area contributed by atoms with Gasteiger partial charge in [0.15, 0.2) is 12.8 Å². The van der Waals surface area contributed by atoms with Crippen LogP contribution in [-0.2, 0) is 35.1 Å². The van der Waals surface area contributed by atoms with Crippen molar-refractivity contribution in [1.29, 1.82) is 0 Å². The van der Waals surface area contributed by atoms with Crippen molar-refractivity contribution in [3.63, 3.8) is 0 Å². The van der Waals surface area contributed by atoms with Crippen LogP contribution in [-0.4, -0.2) is 114 Å². The molecule has 2 fully saturated rings. The van der Waals surface area contributed by atoms with Crippen LogP contribution in [0.2, 0.25) is 0 Å². The molecule has 18 heteroatoms. The van der Waals surface area contributed by atoms with E-state index in [-0.39, 0.29) is 56.4 Å². The highest BCUT2D eigenvalue weighted by molar-refractivity contribution is 6.12. The zero-order valence-corrected chi connectivity index (χ0v) is 31.2. The van der Waals surface area contributed by atoms with E-state index in [9.17, 15) is 28.4 Å². The van der Waals surface area contributed by atoms with Crippen molar-refractivity contribution in [1.82, 2.24) is 35.3 Å². The molecule has 0 spiro atoms. The second-order valence-electron chi connectivity index (χ2n) is 13.9. The number of nitrogens with one attached hydrogen (secondary N) is 3. The molecule has 6 rings (SSSR count). The minimum absolute atomic E-state index is 0.0751. The first-order valence-electron chi connectivity index (χ1n) is 18.7. The lowest BCUT2D eigenvalue weighted by atomic mass is 9.88. The van der Waals surface area contributed by atoms with Gasteiger partial charge in [-0.1, -0.05) is 30.3 Å². The van der Waals surface area contributed by atoms with E-state index in [0.717, 1.165) is 40.8 Å². The number of imidazole rings is 1. The van der Waals surface area contributed by atoms with E-state index >= 15 is 8.78 Å². The van der Waals surface area contributed by atoms with Gasteiger partial charge in [-0.25, -0.2) is 27.7 Å². The first kappa shape index (κ1) is 40.9. The number of carbonyl (C=O) groups is 5. The van der Waals surface area contributed by atoms with Crippen molar-refractivity contribution in [3.05, 3.63) is 89.9 Å². The van der Waals surface area contributed by atoms with Gasteiger partial charge in [-0.05, 0) is 49.4 Å². The van der Waals surface area contributed by atoms with E-state index in [1.807, 2.05) is 30.3 Å². The fraction of sp³-hybridized carbons (Fsp3) is 0.436. The Balaban J connectivity index is 1.23. The molecular formula is C39H44F3N7O8. The van der Waals surface area contributed by atoms with E-state index in [0.29, 0.717) is 31.9 Å². The minimum Gasteiger partial charge on any atom is -0.436 e. The molecule has 0 aliphatic carbocycles. The number of alkyl carbamates (subject to hydrolysis) is 2.